The summed E-state index contributed by atoms with van der Waals surface area (Å²) in [5.41, 5.74) is 0.506. The van der Waals surface area contributed by atoms with Gasteiger partial charge in [-0.15, -0.1) is 0 Å². The lowest BCUT2D eigenvalue weighted by molar-refractivity contribution is -0.125. The SMILES string of the molecule is CCC1CN(C(=O)c2ccc(F)cc2I)CCC1=O. The topological polar surface area (TPSA) is 37.4 Å². The average molecular weight is 375 g/mol. The summed E-state index contributed by atoms with van der Waals surface area (Å²) in [7, 11) is 0. The lowest BCUT2D eigenvalue weighted by Crippen LogP contribution is -2.44. The van der Waals surface area contributed by atoms with Crippen LogP contribution in [-0.2, 0) is 4.79 Å². The molecule has 0 spiro atoms. The summed E-state index contributed by atoms with van der Waals surface area (Å²) in [6.45, 7) is 2.89. The van der Waals surface area contributed by atoms with Gasteiger partial charge in [-0.25, -0.2) is 4.39 Å². The van der Waals surface area contributed by atoms with E-state index in [2.05, 4.69) is 0 Å². The molecule has 0 aliphatic carbocycles. The van der Waals surface area contributed by atoms with Crippen molar-refractivity contribution in [2.45, 2.75) is 19.8 Å². The van der Waals surface area contributed by atoms with E-state index in [1.54, 1.807) is 4.90 Å². The fourth-order valence-corrected chi connectivity index (χ4v) is 2.99. The number of Topliss-reactive ketones (excluding diaryl/α,β-unsaturated/α-hetero) is 1. The van der Waals surface area contributed by atoms with E-state index in [1.165, 1.54) is 18.2 Å². The molecule has 1 aliphatic heterocycles. The van der Waals surface area contributed by atoms with Crippen LogP contribution in [0.5, 0.6) is 0 Å². The van der Waals surface area contributed by atoms with Crippen LogP contribution in [0.1, 0.15) is 30.1 Å². The molecule has 1 atom stereocenters. The fraction of sp³-hybridized carbons (Fsp3) is 0.429. The molecule has 1 unspecified atom stereocenters. The van der Waals surface area contributed by atoms with Crippen molar-refractivity contribution >= 4 is 34.3 Å². The van der Waals surface area contributed by atoms with Crippen LogP contribution >= 0.6 is 22.6 Å². The van der Waals surface area contributed by atoms with Crippen molar-refractivity contribution in [3.05, 3.63) is 33.1 Å². The highest BCUT2D eigenvalue weighted by molar-refractivity contribution is 14.1. The van der Waals surface area contributed by atoms with Gasteiger partial charge in [-0.2, -0.15) is 0 Å². The first-order valence-electron chi connectivity index (χ1n) is 6.30. The third kappa shape index (κ3) is 3.13. The number of benzene rings is 1. The summed E-state index contributed by atoms with van der Waals surface area (Å²) in [6.07, 6.45) is 1.17. The predicted molar refractivity (Wildman–Crippen MR) is 78.4 cm³/mol. The molecule has 1 aliphatic rings. The van der Waals surface area contributed by atoms with Gasteiger partial charge in [-0.1, -0.05) is 6.92 Å². The molecule has 0 bridgehead atoms. The maximum absolute atomic E-state index is 13.0. The molecule has 0 radical (unpaired) electrons. The third-order valence-electron chi connectivity index (χ3n) is 3.47. The zero-order valence-electron chi connectivity index (χ0n) is 10.7. The lowest BCUT2D eigenvalue weighted by atomic mass is 9.93. The molecule has 1 saturated heterocycles. The Kier molecular flexibility index (Phi) is 4.54. The van der Waals surface area contributed by atoms with Crippen LogP contribution in [0.2, 0.25) is 0 Å². The summed E-state index contributed by atoms with van der Waals surface area (Å²) in [5, 5.41) is 0. The standard InChI is InChI=1S/C14H15FINO2/c1-2-9-8-17(6-5-13(9)18)14(19)11-4-3-10(15)7-12(11)16/h3-4,7,9H,2,5-6,8H2,1H3. The smallest absolute Gasteiger partial charge is 0.254 e. The average Bonchev–Trinajstić information content (AvgIpc) is 2.38. The first kappa shape index (κ1) is 14.4. The van der Waals surface area contributed by atoms with Gasteiger partial charge < -0.3 is 4.90 Å². The molecule has 0 N–H and O–H groups in total. The number of likely N-dealkylation sites (tertiary alicyclic amines) is 1. The van der Waals surface area contributed by atoms with Crippen LogP contribution in [0.15, 0.2) is 18.2 Å². The molecule has 19 heavy (non-hydrogen) atoms. The van der Waals surface area contributed by atoms with E-state index in [1.807, 2.05) is 29.5 Å². The van der Waals surface area contributed by atoms with E-state index in [0.717, 1.165) is 6.42 Å². The molecule has 0 aromatic heterocycles. The summed E-state index contributed by atoms with van der Waals surface area (Å²) >= 11 is 1.96. The van der Waals surface area contributed by atoms with Crippen molar-refractivity contribution in [1.82, 2.24) is 4.90 Å². The van der Waals surface area contributed by atoms with E-state index < -0.39 is 0 Å². The van der Waals surface area contributed by atoms with E-state index >= 15 is 0 Å². The monoisotopic (exact) mass is 375 g/mol. The Labute approximate surface area is 125 Å². The summed E-state index contributed by atoms with van der Waals surface area (Å²) < 4.78 is 13.7. The Morgan fingerprint density at radius 3 is 2.89 bits per heavy atom. The summed E-state index contributed by atoms with van der Waals surface area (Å²) in [4.78, 5) is 25.7. The number of hydrogen-bond donors (Lipinski definition) is 0. The zero-order valence-corrected chi connectivity index (χ0v) is 12.8. The van der Waals surface area contributed by atoms with Gasteiger partial charge in [0.2, 0.25) is 0 Å². The molecule has 1 heterocycles. The molecule has 1 amide bonds. The second kappa shape index (κ2) is 5.98. The maximum Gasteiger partial charge on any atom is 0.254 e. The van der Waals surface area contributed by atoms with Crippen LogP contribution in [0.4, 0.5) is 4.39 Å². The first-order valence-corrected chi connectivity index (χ1v) is 7.37. The van der Waals surface area contributed by atoms with Gasteiger partial charge in [-0.3, -0.25) is 9.59 Å². The Bertz CT molecular complexity index is 518. The minimum Gasteiger partial charge on any atom is -0.337 e. The van der Waals surface area contributed by atoms with Crippen LogP contribution in [0.25, 0.3) is 0 Å². The van der Waals surface area contributed by atoms with Crippen molar-refractivity contribution in [2.75, 3.05) is 13.1 Å². The van der Waals surface area contributed by atoms with Gasteiger partial charge in [0, 0.05) is 29.0 Å². The molecular formula is C14H15FINO2. The molecule has 102 valence electrons. The number of carbonyl (C=O) groups is 2. The fourth-order valence-electron chi connectivity index (χ4n) is 2.28. The molecule has 1 aromatic carbocycles. The highest BCUT2D eigenvalue weighted by Gasteiger charge is 2.29. The van der Waals surface area contributed by atoms with E-state index in [0.29, 0.717) is 28.6 Å². The van der Waals surface area contributed by atoms with Crippen LogP contribution in [-0.4, -0.2) is 29.7 Å². The normalized spacial score (nSPS) is 19.6. The zero-order chi connectivity index (χ0) is 14.0. The number of amides is 1. The number of rotatable bonds is 2. The lowest BCUT2D eigenvalue weighted by Gasteiger charge is -2.31. The van der Waals surface area contributed by atoms with Crippen molar-refractivity contribution < 1.29 is 14.0 Å². The summed E-state index contributed by atoms with van der Waals surface area (Å²) in [6, 6.07) is 4.15. The van der Waals surface area contributed by atoms with Crippen molar-refractivity contribution in [1.29, 1.82) is 0 Å². The second-order valence-corrected chi connectivity index (χ2v) is 5.86. The highest BCUT2D eigenvalue weighted by Crippen LogP contribution is 2.21. The van der Waals surface area contributed by atoms with Crippen molar-refractivity contribution in [2.24, 2.45) is 5.92 Å². The quantitative estimate of drug-likeness (QED) is 0.746. The Balaban J connectivity index is 2.18. The minimum atomic E-state index is -0.346. The Hall–Kier alpha value is -0.980. The number of hydrogen-bond acceptors (Lipinski definition) is 2. The Morgan fingerprint density at radius 1 is 1.53 bits per heavy atom. The minimum absolute atomic E-state index is 0.0594. The van der Waals surface area contributed by atoms with E-state index in [4.69, 9.17) is 0 Å². The molecule has 0 saturated carbocycles. The molecule has 1 fully saturated rings. The van der Waals surface area contributed by atoms with Crippen LogP contribution < -0.4 is 0 Å². The molecule has 2 rings (SSSR count). The van der Waals surface area contributed by atoms with Gasteiger partial charge in [0.05, 0.1) is 5.56 Å². The van der Waals surface area contributed by atoms with Gasteiger partial charge in [0.1, 0.15) is 11.6 Å². The largest absolute Gasteiger partial charge is 0.337 e. The van der Waals surface area contributed by atoms with E-state index in [9.17, 15) is 14.0 Å². The number of nitrogens with zero attached hydrogens (tertiary/aromatic N) is 1. The van der Waals surface area contributed by atoms with Gasteiger partial charge >= 0.3 is 0 Å². The molecule has 5 heteroatoms. The molecule has 1 aromatic rings. The molecule has 3 nitrogen and oxygen atoms in total. The Morgan fingerprint density at radius 2 is 2.26 bits per heavy atom. The molecular weight excluding hydrogens is 360 g/mol. The number of ketones is 1. The third-order valence-corrected chi connectivity index (χ3v) is 4.36. The number of piperidine rings is 1. The van der Waals surface area contributed by atoms with Gasteiger partial charge in [-0.05, 0) is 47.2 Å². The predicted octanol–water partition coefficient (Wildman–Crippen LogP) is 2.87. The first-order chi connectivity index (χ1) is 9.02. The van der Waals surface area contributed by atoms with Crippen LogP contribution in [0.3, 0.4) is 0 Å². The second-order valence-electron chi connectivity index (χ2n) is 4.70. The number of halogens is 2. The van der Waals surface area contributed by atoms with Gasteiger partial charge in [0.25, 0.3) is 5.91 Å². The van der Waals surface area contributed by atoms with E-state index in [-0.39, 0.29) is 23.4 Å². The maximum atomic E-state index is 13.0. The van der Waals surface area contributed by atoms with Crippen molar-refractivity contribution in [3.8, 4) is 0 Å². The number of carbonyl (C=O) groups excluding carboxylic acids is 2. The summed E-state index contributed by atoms with van der Waals surface area (Å²) in [5.74, 6) is -0.285. The van der Waals surface area contributed by atoms with Crippen molar-refractivity contribution in [3.63, 3.8) is 0 Å². The van der Waals surface area contributed by atoms with Crippen LogP contribution in [0, 0.1) is 15.3 Å². The van der Waals surface area contributed by atoms with Gasteiger partial charge in [0.15, 0.2) is 0 Å². The highest BCUT2D eigenvalue weighted by atomic mass is 127.